The van der Waals surface area contributed by atoms with Crippen molar-refractivity contribution in [1.29, 1.82) is 0 Å². The molecule has 1 heterocycles. The third-order valence-electron chi connectivity index (χ3n) is 1.90. The first kappa shape index (κ1) is 6.81. The predicted molar refractivity (Wildman–Crippen MR) is 40.2 cm³/mol. The molecule has 1 heteroatoms. The Kier molecular flexibility index (Phi) is 1.62. The van der Waals surface area contributed by atoms with Crippen molar-refractivity contribution in [3.05, 3.63) is 11.6 Å². The third-order valence-corrected chi connectivity index (χ3v) is 1.90. The average Bonchev–Trinajstić information content (AvgIpc) is 1.60. The standard InChI is InChI=1S/C8H16N/c1-8-5-4-6-9(2,3)7-8/h5H,4,6-7H2,1-3H3/q+1. The highest BCUT2D eigenvalue weighted by Crippen LogP contribution is 2.12. The molecule has 0 amide bonds. The molecular weight excluding hydrogens is 110 g/mol. The molecule has 0 aromatic heterocycles. The average molecular weight is 126 g/mol. The van der Waals surface area contributed by atoms with Gasteiger partial charge in [-0.2, -0.15) is 0 Å². The lowest BCUT2D eigenvalue weighted by Gasteiger charge is -2.32. The fraction of sp³-hybridized carbons (Fsp3) is 0.750. The number of likely N-dealkylation sites (N-methyl/N-ethyl adjacent to an activating group) is 1. The summed E-state index contributed by atoms with van der Waals surface area (Å²) in [4.78, 5) is 0. The second kappa shape index (κ2) is 2.14. The van der Waals surface area contributed by atoms with E-state index >= 15 is 0 Å². The topological polar surface area (TPSA) is 0 Å². The quantitative estimate of drug-likeness (QED) is 0.340. The zero-order valence-electron chi connectivity index (χ0n) is 6.65. The van der Waals surface area contributed by atoms with Gasteiger partial charge in [0, 0.05) is 6.42 Å². The van der Waals surface area contributed by atoms with Gasteiger partial charge >= 0.3 is 0 Å². The summed E-state index contributed by atoms with van der Waals surface area (Å²) in [5.74, 6) is 0. The van der Waals surface area contributed by atoms with Crippen molar-refractivity contribution in [2.24, 2.45) is 0 Å². The van der Waals surface area contributed by atoms with Gasteiger partial charge < -0.3 is 4.48 Å². The molecule has 1 aliphatic rings. The Hall–Kier alpha value is -0.300. The van der Waals surface area contributed by atoms with Crippen molar-refractivity contribution in [3.8, 4) is 0 Å². The van der Waals surface area contributed by atoms with E-state index in [9.17, 15) is 0 Å². The van der Waals surface area contributed by atoms with Crippen molar-refractivity contribution >= 4 is 0 Å². The lowest BCUT2D eigenvalue weighted by molar-refractivity contribution is -0.886. The molecule has 9 heavy (non-hydrogen) atoms. The van der Waals surface area contributed by atoms with Crippen molar-refractivity contribution in [1.82, 2.24) is 0 Å². The molecule has 0 aromatic carbocycles. The van der Waals surface area contributed by atoms with Crippen LogP contribution in [-0.2, 0) is 0 Å². The highest BCUT2D eigenvalue weighted by molar-refractivity contribution is 5.00. The van der Waals surface area contributed by atoms with Gasteiger partial charge in [0.15, 0.2) is 0 Å². The number of nitrogens with zero attached hydrogens (tertiary/aromatic N) is 1. The minimum atomic E-state index is 1.17. The molecule has 0 aromatic rings. The summed E-state index contributed by atoms with van der Waals surface area (Å²) in [6, 6.07) is 0. The molecular formula is C8H16N+. The highest BCUT2D eigenvalue weighted by Gasteiger charge is 2.17. The van der Waals surface area contributed by atoms with Crippen molar-refractivity contribution < 1.29 is 4.48 Å². The van der Waals surface area contributed by atoms with Crippen LogP contribution < -0.4 is 0 Å². The van der Waals surface area contributed by atoms with E-state index < -0.39 is 0 Å². The third kappa shape index (κ3) is 1.83. The van der Waals surface area contributed by atoms with Crippen LogP contribution in [0.5, 0.6) is 0 Å². The van der Waals surface area contributed by atoms with Crippen LogP contribution in [0.4, 0.5) is 0 Å². The van der Waals surface area contributed by atoms with Gasteiger partial charge in [-0.25, -0.2) is 0 Å². The summed E-state index contributed by atoms with van der Waals surface area (Å²) in [5, 5.41) is 0. The van der Waals surface area contributed by atoms with Gasteiger partial charge in [-0.1, -0.05) is 6.08 Å². The van der Waals surface area contributed by atoms with Crippen LogP contribution in [0.2, 0.25) is 0 Å². The first-order chi connectivity index (χ1) is 4.10. The Labute approximate surface area is 57.6 Å². The Morgan fingerprint density at radius 2 is 2.11 bits per heavy atom. The fourth-order valence-corrected chi connectivity index (χ4v) is 1.48. The largest absolute Gasteiger partial charge is 0.325 e. The molecule has 0 N–H and O–H groups in total. The monoisotopic (exact) mass is 126 g/mol. The first-order valence-electron chi connectivity index (χ1n) is 3.58. The van der Waals surface area contributed by atoms with E-state index in [4.69, 9.17) is 0 Å². The second-order valence-electron chi connectivity index (χ2n) is 3.66. The number of hydrogen-bond acceptors (Lipinski definition) is 0. The Bertz CT molecular complexity index is 134. The molecule has 0 radical (unpaired) electrons. The van der Waals surface area contributed by atoms with Gasteiger partial charge in [-0.3, -0.25) is 0 Å². The van der Waals surface area contributed by atoms with Crippen LogP contribution in [0, 0.1) is 0 Å². The van der Waals surface area contributed by atoms with Crippen LogP contribution in [-0.4, -0.2) is 31.7 Å². The Morgan fingerprint density at radius 3 is 2.44 bits per heavy atom. The molecule has 1 rings (SSSR count). The lowest BCUT2D eigenvalue weighted by Crippen LogP contribution is -2.43. The van der Waals surface area contributed by atoms with Crippen molar-refractivity contribution in [2.45, 2.75) is 13.3 Å². The molecule has 0 spiro atoms. The summed E-state index contributed by atoms with van der Waals surface area (Å²) in [6.45, 7) is 4.76. The van der Waals surface area contributed by atoms with Gasteiger partial charge in [0.1, 0.15) is 0 Å². The summed E-state index contributed by atoms with van der Waals surface area (Å²) >= 11 is 0. The van der Waals surface area contributed by atoms with Crippen LogP contribution in [0.15, 0.2) is 11.6 Å². The molecule has 0 fully saturated rings. The first-order valence-corrected chi connectivity index (χ1v) is 3.58. The molecule has 0 saturated carbocycles. The fourth-order valence-electron chi connectivity index (χ4n) is 1.48. The molecule has 52 valence electrons. The second-order valence-corrected chi connectivity index (χ2v) is 3.66. The van der Waals surface area contributed by atoms with Gasteiger partial charge in [-0.15, -0.1) is 0 Å². The molecule has 0 bridgehead atoms. The summed E-state index contributed by atoms with van der Waals surface area (Å²) in [6.07, 6.45) is 3.61. The SMILES string of the molecule is CC1=CCC[N+](C)(C)C1. The molecule has 0 aliphatic carbocycles. The van der Waals surface area contributed by atoms with Crippen LogP contribution >= 0.6 is 0 Å². The normalized spacial score (nSPS) is 25.4. The minimum absolute atomic E-state index is 1.17. The zero-order chi connectivity index (χ0) is 6.91. The summed E-state index contributed by atoms with van der Waals surface area (Å²) < 4.78 is 1.17. The Balaban J connectivity index is 2.59. The van der Waals surface area contributed by atoms with E-state index in [0.717, 1.165) is 0 Å². The molecule has 1 aliphatic heterocycles. The van der Waals surface area contributed by atoms with E-state index in [1.54, 1.807) is 5.57 Å². The van der Waals surface area contributed by atoms with Crippen molar-refractivity contribution in [2.75, 3.05) is 27.2 Å². The van der Waals surface area contributed by atoms with E-state index in [-0.39, 0.29) is 0 Å². The van der Waals surface area contributed by atoms with Gasteiger partial charge in [0.05, 0.1) is 27.2 Å². The molecule has 1 nitrogen and oxygen atoms in total. The maximum absolute atomic E-state index is 2.35. The Morgan fingerprint density at radius 1 is 1.44 bits per heavy atom. The maximum Gasteiger partial charge on any atom is 0.0996 e. The van der Waals surface area contributed by atoms with E-state index in [0.29, 0.717) is 0 Å². The predicted octanol–water partition coefficient (Wildman–Crippen LogP) is 1.41. The molecule has 0 unspecified atom stereocenters. The summed E-state index contributed by atoms with van der Waals surface area (Å²) in [5.41, 5.74) is 1.55. The lowest BCUT2D eigenvalue weighted by atomic mass is 10.1. The van der Waals surface area contributed by atoms with Crippen LogP contribution in [0.1, 0.15) is 13.3 Å². The molecule has 0 atom stereocenters. The summed E-state index contributed by atoms with van der Waals surface area (Å²) in [7, 11) is 4.58. The van der Waals surface area contributed by atoms with Crippen molar-refractivity contribution in [3.63, 3.8) is 0 Å². The zero-order valence-corrected chi connectivity index (χ0v) is 6.65. The van der Waals surface area contributed by atoms with Crippen LogP contribution in [0.3, 0.4) is 0 Å². The minimum Gasteiger partial charge on any atom is -0.325 e. The number of hydrogen-bond donors (Lipinski definition) is 0. The van der Waals surface area contributed by atoms with Gasteiger partial charge in [0.2, 0.25) is 0 Å². The van der Waals surface area contributed by atoms with E-state index in [1.165, 1.54) is 24.0 Å². The maximum atomic E-state index is 2.35. The molecule has 0 saturated heterocycles. The van der Waals surface area contributed by atoms with Gasteiger partial charge in [0.25, 0.3) is 0 Å². The van der Waals surface area contributed by atoms with E-state index in [1.807, 2.05) is 0 Å². The smallest absolute Gasteiger partial charge is 0.0996 e. The van der Waals surface area contributed by atoms with E-state index in [2.05, 4.69) is 27.1 Å². The number of quaternary nitrogens is 1. The number of rotatable bonds is 0. The highest BCUT2D eigenvalue weighted by atomic mass is 15.3. The van der Waals surface area contributed by atoms with Gasteiger partial charge in [-0.05, 0) is 12.5 Å². The van der Waals surface area contributed by atoms with Crippen LogP contribution in [0.25, 0.3) is 0 Å².